The summed E-state index contributed by atoms with van der Waals surface area (Å²) in [6, 6.07) is 15.4. The number of carbonyl (C=O) groups is 4. The summed E-state index contributed by atoms with van der Waals surface area (Å²) in [5.74, 6) is -4.89. The Balaban J connectivity index is 1.20. The van der Waals surface area contributed by atoms with Gasteiger partial charge in [-0.15, -0.1) is 0 Å². The molecule has 0 aromatic heterocycles. The molecule has 0 radical (unpaired) electrons. The van der Waals surface area contributed by atoms with E-state index in [0.29, 0.717) is 17.9 Å². The standard InChI is InChI=1S/C41H53N5O7S/c1-7-45(46-37(48)26-33(38(46)49)54(52,53)27-30(42)39(50)51)36(47)24-12-9-17-25-44-32-21-16-14-19-29(32)41(4,5)35(44)23-11-8-10-22-34-40(2,3)28-18-13-15-20-31(28)43(34)6/h8,10-11,13-16,18-23,30,33-34H,7,9,12,17,24-27,42H2,1-6H3,(H,50,51). The second-order valence-corrected chi connectivity index (χ2v) is 17.6. The van der Waals surface area contributed by atoms with Crippen molar-refractivity contribution in [3.05, 3.63) is 95.7 Å². The lowest BCUT2D eigenvalue weighted by Crippen LogP contribution is -2.51. The van der Waals surface area contributed by atoms with Crippen LogP contribution in [0.25, 0.3) is 0 Å². The van der Waals surface area contributed by atoms with Gasteiger partial charge in [-0.25, -0.2) is 13.4 Å². The van der Waals surface area contributed by atoms with Crippen LogP contribution in [0.3, 0.4) is 0 Å². The molecular formula is C41H53N5O7S. The first-order valence-electron chi connectivity index (χ1n) is 18.6. The minimum atomic E-state index is -4.36. The molecule has 2 aromatic carbocycles. The predicted octanol–water partition coefficient (Wildman–Crippen LogP) is 4.85. The number of likely N-dealkylation sites (N-methyl/N-ethyl adjacent to an activating group) is 1. The first-order chi connectivity index (χ1) is 25.4. The zero-order chi connectivity index (χ0) is 39.6. The minimum Gasteiger partial charge on any atom is -0.480 e. The van der Waals surface area contributed by atoms with E-state index in [0.717, 1.165) is 23.7 Å². The number of carboxylic acids is 1. The number of carbonyl (C=O) groups excluding carboxylic acids is 3. The maximum absolute atomic E-state index is 13.3. The zero-order valence-electron chi connectivity index (χ0n) is 32.1. The lowest BCUT2D eigenvalue weighted by molar-refractivity contribution is -0.167. The maximum atomic E-state index is 13.3. The molecular weight excluding hydrogens is 707 g/mol. The number of nitrogens with zero attached hydrogens (tertiary/aromatic N) is 4. The smallest absolute Gasteiger partial charge is 0.321 e. The molecule has 3 aliphatic rings. The number of hydrogen-bond acceptors (Lipinski definition) is 9. The molecule has 3 amide bonds. The summed E-state index contributed by atoms with van der Waals surface area (Å²) in [7, 11) is -2.21. The number of anilines is 2. The number of allylic oxidation sites excluding steroid dienone is 5. The van der Waals surface area contributed by atoms with Gasteiger partial charge < -0.3 is 20.6 Å². The summed E-state index contributed by atoms with van der Waals surface area (Å²) < 4.78 is 25.5. The van der Waals surface area contributed by atoms with Gasteiger partial charge >= 0.3 is 5.97 Å². The molecule has 3 aliphatic heterocycles. The van der Waals surface area contributed by atoms with Crippen LogP contribution in [-0.4, -0.2) is 90.5 Å². The number of amides is 3. The molecule has 0 spiro atoms. The van der Waals surface area contributed by atoms with Gasteiger partial charge in [-0.3, -0.25) is 19.2 Å². The molecule has 13 heteroatoms. The number of aliphatic carboxylic acids is 1. The number of hydrogen-bond donors (Lipinski definition) is 2. The van der Waals surface area contributed by atoms with E-state index in [1.807, 2.05) is 6.07 Å². The molecule has 290 valence electrons. The first kappa shape index (κ1) is 40.4. The van der Waals surface area contributed by atoms with E-state index in [4.69, 9.17) is 10.8 Å². The second kappa shape index (κ2) is 15.9. The van der Waals surface area contributed by atoms with Gasteiger partial charge in [-0.1, -0.05) is 94.8 Å². The van der Waals surface area contributed by atoms with Crippen molar-refractivity contribution < 1.29 is 32.7 Å². The van der Waals surface area contributed by atoms with Crippen LogP contribution >= 0.6 is 0 Å². The van der Waals surface area contributed by atoms with Crippen LogP contribution < -0.4 is 15.5 Å². The molecule has 12 nitrogen and oxygen atoms in total. The number of para-hydroxylation sites is 2. The lowest BCUT2D eigenvalue weighted by Gasteiger charge is -2.29. The number of carboxylic acid groups (broad SMARTS) is 1. The van der Waals surface area contributed by atoms with Crippen molar-refractivity contribution in [2.75, 3.05) is 35.7 Å². The van der Waals surface area contributed by atoms with Gasteiger partial charge in [0, 0.05) is 54.5 Å². The van der Waals surface area contributed by atoms with E-state index >= 15 is 0 Å². The van der Waals surface area contributed by atoms with Gasteiger partial charge in [-0.2, -0.15) is 5.01 Å². The summed E-state index contributed by atoms with van der Waals surface area (Å²) in [5, 5.41) is 8.84. The van der Waals surface area contributed by atoms with Crippen molar-refractivity contribution >= 4 is 44.9 Å². The van der Waals surface area contributed by atoms with E-state index < -0.39 is 57.0 Å². The third kappa shape index (κ3) is 7.74. The summed E-state index contributed by atoms with van der Waals surface area (Å²) in [6.45, 7) is 11.3. The summed E-state index contributed by atoms with van der Waals surface area (Å²) >= 11 is 0. The zero-order valence-corrected chi connectivity index (χ0v) is 32.9. The molecule has 2 aromatic rings. The van der Waals surface area contributed by atoms with E-state index in [9.17, 15) is 27.6 Å². The number of imide groups is 1. The highest BCUT2D eigenvalue weighted by Gasteiger charge is 2.50. The van der Waals surface area contributed by atoms with Crippen molar-refractivity contribution in [1.29, 1.82) is 0 Å². The van der Waals surface area contributed by atoms with Crippen LogP contribution in [0.1, 0.15) is 77.8 Å². The number of sulfone groups is 1. The monoisotopic (exact) mass is 759 g/mol. The van der Waals surface area contributed by atoms with E-state index in [1.54, 1.807) is 6.92 Å². The van der Waals surface area contributed by atoms with Crippen LogP contribution in [0.5, 0.6) is 0 Å². The molecule has 3 atom stereocenters. The number of nitrogens with two attached hydrogens (primary N) is 1. The summed E-state index contributed by atoms with van der Waals surface area (Å²) in [5.41, 5.74) is 11.3. The predicted molar refractivity (Wildman–Crippen MR) is 210 cm³/mol. The Morgan fingerprint density at radius 1 is 0.963 bits per heavy atom. The molecule has 1 fully saturated rings. The molecule has 0 saturated carbocycles. The molecule has 0 bridgehead atoms. The van der Waals surface area contributed by atoms with Crippen molar-refractivity contribution in [3.8, 4) is 0 Å². The summed E-state index contributed by atoms with van der Waals surface area (Å²) in [4.78, 5) is 54.9. The van der Waals surface area contributed by atoms with Gasteiger partial charge in [0.05, 0.1) is 18.2 Å². The van der Waals surface area contributed by atoms with Crippen LogP contribution in [0.2, 0.25) is 0 Å². The van der Waals surface area contributed by atoms with Crippen LogP contribution in [0.15, 0.2) is 84.6 Å². The number of fused-ring (bicyclic) bond motifs is 2. The van der Waals surface area contributed by atoms with Gasteiger partial charge in [0.15, 0.2) is 15.1 Å². The highest BCUT2D eigenvalue weighted by atomic mass is 32.2. The van der Waals surface area contributed by atoms with Crippen molar-refractivity contribution in [3.63, 3.8) is 0 Å². The molecule has 3 unspecified atom stereocenters. The molecule has 1 saturated heterocycles. The van der Waals surface area contributed by atoms with Gasteiger partial charge in [0.1, 0.15) is 6.04 Å². The van der Waals surface area contributed by atoms with E-state index in [-0.39, 0.29) is 29.8 Å². The van der Waals surface area contributed by atoms with Gasteiger partial charge in [0.2, 0.25) is 11.8 Å². The number of rotatable bonds is 15. The third-order valence-corrected chi connectivity index (χ3v) is 13.1. The lowest BCUT2D eigenvalue weighted by atomic mass is 9.80. The second-order valence-electron chi connectivity index (χ2n) is 15.3. The number of hydrazine groups is 1. The van der Waals surface area contributed by atoms with Crippen molar-refractivity contribution in [1.82, 2.24) is 10.0 Å². The number of benzene rings is 2. The third-order valence-electron chi connectivity index (χ3n) is 11.0. The largest absolute Gasteiger partial charge is 0.480 e. The quantitative estimate of drug-likeness (QED) is 0.146. The van der Waals surface area contributed by atoms with Crippen molar-refractivity contribution in [2.24, 2.45) is 5.73 Å². The fourth-order valence-corrected chi connectivity index (χ4v) is 9.77. The van der Waals surface area contributed by atoms with Crippen LogP contribution in [-0.2, 0) is 39.8 Å². The maximum Gasteiger partial charge on any atom is 0.321 e. The molecule has 0 aliphatic carbocycles. The minimum absolute atomic E-state index is 0.0169. The Labute approximate surface area is 318 Å². The van der Waals surface area contributed by atoms with Crippen LogP contribution in [0.4, 0.5) is 11.4 Å². The molecule has 3 N–H and O–H groups in total. The van der Waals surface area contributed by atoms with Crippen molar-refractivity contribution in [2.45, 2.75) is 94.9 Å². The Morgan fingerprint density at radius 2 is 1.61 bits per heavy atom. The highest BCUT2D eigenvalue weighted by Crippen LogP contribution is 2.48. The van der Waals surface area contributed by atoms with Gasteiger partial charge in [-0.05, 0) is 49.1 Å². The van der Waals surface area contributed by atoms with E-state index in [1.165, 1.54) is 22.5 Å². The first-order valence-corrected chi connectivity index (χ1v) is 20.3. The highest BCUT2D eigenvalue weighted by molar-refractivity contribution is 7.92. The fraction of sp³-hybridized carbons (Fsp3) is 0.463. The molecule has 54 heavy (non-hydrogen) atoms. The van der Waals surface area contributed by atoms with E-state index in [2.05, 4.69) is 117 Å². The Hall–Kier alpha value is -4.75. The number of unbranched alkanes of at least 4 members (excludes halogenated alkanes) is 2. The fourth-order valence-electron chi connectivity index (χ4n) is 8.10. The average molecular weight is 760 g/mol. The summed E-state index contributed by atoms with van der Waals surface area (Å²) in [6.07, 6.45) is 12.1. The molecule has 3 heterocycles. The average Bonchev–Trinajstić information content (AvgIpc) is 3.62. The van der Waals surface area contributed by atoms with Crippen LogP contribution in [0, 0.1) is 0 Å². The SMILES string of the molecule is CCN(C(=O)CCCCCN1C(=CC=CC=CC2N(C)c3ccccc3C2(C)C)C(C)(C)c2ccccc21)N1C(=O)CC(S(=O)(=O)CC(N)C(=O)O)C1=O. The molecule has 5 rings (SSSR count). The Morgan fingerprint density at radius 3 is 2.26 bits per heavy atom. The normalized spacial score (nSPS) is 21.8. The van der Waals surface area contributed by atoms with Gasteiger partial charge in [0.25, 0.3) is 5.91 Å². The topological polar surface area (TPSA) is 162 Å². The Bertz CT molecular complexity index is 1990. The Kier molecular flexibility index (Phi) is 11.9.